The van der Waals surface area contributed by atoms with Crippen LogP contribution in [-0.2, 0) is 31.9 Å². The summed E-state index contributed by atoms with van der Waals surface area (Å²) in [6.45, 7) is 6.10. The van der Waals surface area contributed by atoms with Crippen LogP contribution in [0.1, 0.15) is 56.6 Å². The third-order valence-electron chi connectivity index (χ3n) is 3.80. The first-order valence-corrected chi connectivity index (χ1v) is 7.95. The van der Waals surface area contributed by atoms with E-state index in [2.05, 4.69) is 4.98 Å². The number of esters is 1. The molecule has 2 rings (SSSR count). The van der Waals surface area contributed by atoms with E-state index in [-0.39, 0.29) is 18.8 Å². The molecule has 1 atom stereocenters. The highest BCUT2D eigenvalue weighted by atomic mass is 16.5. The monoisotopic (exact) mass is 308 g/mol. The molecule has 0 fully saturated rings. The second-order valence-electron chi connectivity index (χ2n) is 5.39. The molecule has 0 N–H and O–H groups in total. The van der Waals surface area contributed by atoms with Crippen molar-refractivity contribution in [3.63, 3.8) is 0 Å². The van der Waals surface area contributed by atoms with Gasteiger partial charge in [0.2, 0.25) is 0 Å². The smallest absolute Gasteiger partial charge is 0.313 e. The summed E-state index contributed by atoms with van der Waals surface area (Å²) in [5.74, 6) is -0.0272. The molecule has 6 heteroatoms. The van der Waals surface area contributed by atoms with Crippen LogP contribution in [0.2, 0.25) is 0 Å². The van der Waals surface area contributed by atoms with Gasteiger partial charge in [-0.05, 0) is 46.5 Å². The minimum absolute atomic E-state index is 0.269. The molecule has 1 aromatic heterocycles. The van der Waals surface area contributed by atoms with Gasteiger partial charge in [-0.2, -0.15) is 0 Å². The van der Waals surface area contributed by atoms with E-state index in [1.165, 1.54) is 0 Å². The predicted molar refractivity (Wildman–Crippen MR) is 80.5 cm³/mol. The van der Waals surface area contributed by atoms with Gasteiger partial charge in [0.25, 0.3) is 0 Å². The fourth-order valence-corrected chi connectivity index (χ4v) is 2.92. The zero-order valence-electron chi connectivity index (χ0n) is 13.6. The lowest BCUT2D eigenvalue weighted by Gasteiger charge is -2.22. The Morgan fingerprint density at radius 1 is 1.23 bits per heavy atom. The first kappa shape index (κ1) is 16.7. The molecule has 1 aliphatic carbocycles. The molecular weight excluding hydrogens is 284 g/mol. The molecule has 0 saturated carbocycles. The molecule has 122 valence electrons. The molecule has 0 aromatic carbocycles. The van der Waals surface area contributed by atoms with Crippen LogP contribution in [-0.4, -0.2) is 34.5 Å². The minimum atomic E-state index is -0.788. The van der Waals surface area contributed by atoms with Crippen LogP contribution in [0.25, 0.3) is 0 Å². The fraction of sp³-hybridized carbons (Fsp3) is 0.688. The summed E-state index contributed by atoms with van der Waals surface area (Å²) in [5, 5.41) is 0. The van der Waals surface area contributed by atoms with Gasteiger partial charge in [0, 0.05) is 12.3 Å². The zero-order valence-corrected chi connectivity index (χ0v) is 13.6. The zero-order chi connectivity index (χ0) is 16.1. The van der Waals surface area contributed by atoms with Gasteiger partial charge in [-0.3, -0.25) is 14.2 Å². The Labute approximate surface area is 130 Å². The molecular formula is C16H24N2O4. The summed E-state index contributed by atoms with van der Waals surface area (Å²) in [6, 6.07) is 0. The van der Waals surface area contributed by atoms with Crippen LogP contribution >= 0.6 is 0 Å². The van der Waals surface area contributed by atoms with E-state index in [1.807, 2.05) is 18.4 Å². The Kier molecular flexibility index (Phi) is 5.71. The van der Waals surface area contributed by atoms with Gasteiger partial charge in [-0.15, -0.1) is 0 Å². The van der Waals surface area contributed by atoms with Crippen molar-refractivity contribution in [1.29, 1.82) is 0 Å². The maximum Gasteiger partial charge on any atom is 0.313 e. The van der Waals surface area contributed by atoms with Gasteiger partial charge in [-0.1, -0.05) is 0 Å². The Balaban J connectivity index is 2.26. The van der Waals surface area contributed by atoms with Gasteiger partial charge in [0.15, 0.2) is 12.0 Å². The number of Topliss-reactive ketones (excluding diaryl/α,β-unsaturated/α-hetero) is 1. The number of aromatic nitrogens is 2. The minimum Gasteiger partial charge on any atom is -0.466 e. The molecule has 22 heavy (non-hydrogen) atoms. The third-order valence-corrected chi connectivity index (χ3v) is 3.80. The average Bonchev–Trinajstić information content (AvgIpc) is 2.80. The first-order valence-electron chi connectivity index (χ1n) is 7.95. The van der Waals surface area contributed by atoms with Crippen LogP contribution in [0.4, 0.5) is 0 Å². The normalized spacial score (nSPS) is 15.2. The molecule has 0 bridgehead atoms. The van der Waals surface area contributed by atoms with Gasteiger partial charge in [0.05, 0.1) is 12.3 Å². The number of aryl methyl sites for hydroxylation is 2. The second-order valence-corrected chi connectivity index (χ2v) is 5.39. The molecule has 0 saturated heterocycles. The van der Waals surface area contributed by atoms with Crippen LogP contribution in [0.3, 0.4) is 0 Å². The van der Waals surface area contributed by atoms with Crippen LogP contribution in [0, 0.1) is 6.92 Å². The van der Waals surface area contributed by atoms with Crippen LogP contribution in [0.5, 0.6) is 0 Å². The van der Waals surface area contributed by atoms with E-state index in [0.29, 0.717) is 6.61 Å². The summed E-state index contributed by atoms with van der Waals surface area (Å²) in [4.78, 5) is 28.6. The fourth-order valence-electron chi connectivity index (χ4n) is 2.92. The Morgan fingerprint density at radius 3 is 2.64 bits per heavy atom. The Bertz CT molecular complexity index is 551. The molecule has 1 heterocycles. The third kappa shape index (κ3) is 3.55. The van der Waals surface area contributed by atoms with Crippen molar-refractivity contribution in [2.24, 2.45) is 0 Å². The number of imidazole rings is 1. The van der Waals surface area contributed by atoms with Crippen molar-refractivity contribution in [3.05, 3.63) is 17.2 Å². The summed E-state index contributed by atoms with van der Waals surface area (Å²) in [5.41, 5.74) is 2.12. The van der Waals surface area contributed by atoms with E-state index in [0.717, 1.165) is 42.9 Å². The van der Waals surface area contributed by atoms with Gasteiger partial charge in [-0.25, -0.2) is 4.98 Å². The highest BCUT2D eigenvalue weighted by molar-refractivity contribution is 5.97. The molecule has 1 aromatic rings. The molecule has 0 radical (unpaired) electrons. The lowest BCUT2D eigenvalue weighted by Crippen LogP contribution is -2.28. The van der Waals surface area contributed by atoms with E-state index in [4.69, 9.17) is 9.47 Å². The van der Waals surface area contributed by atoms with Gasteiger partial charge >= 0.3 is 5.97 Å². The van der Waals surface area contributed by atoms with Crippen molar-refractivity contribution in [2.45, 2.75) is 59.1 Å². The maximum atomic E-state index is 12.5. The predicted octanol–water partition coefficient (Wildman–Crippen LogP) is 2.13. The van der Waals surface area contributed by atoms with E-state index < -0.39 is 12.2 Å². The number of nitrogens with zero attached hydrogens (tertiary/aromatic N) is 2. The summed E-state index contributed by atoms with van der Waals surface area (Å²) >= 11 is 0. The molecule has 0 amide bonds. The number of fused-ring (bicyclic) bond motifs is 1. The second kappa shape index (κ2) is 7.54. The number of carbonyl (C=O) groups excluding carboxylic acids is 2. The molecule has 0 spiro atoms. The Hall–Kier alpha value is -1.69. The molecule has 1 unspecified atom stereocenters. The Morgan fingerprint density at radius 2 is 1.95 bits per heavy atom. The standard InChI is InChI=1S/C16H24N2O4/c1-4-21-15(20)10-14(19)16(22-5-2)18-11(3)17-12-8-6-7-9-13(12)18/h16H,4-10H2,1-3H3. The van der Waals surface area contributed by atoms with Crippen molar-refractivity contribution in [3.8, 4) is 0 Å². The number of carbonyl (C=O) groups is 2. The quantitative estimate of drug-likeness (QED) is 0.570. The van der Waals surface area contributed by atoms with E-state index >= 15 is 0 Å². The van der Waals surface area contributed by atoms with Gasteiger partial charge < -0.3 is 9.47 Å². The summed E-state index contributed by atoms with van der Waals surface area (Å²) < 4.78 is 12.4. The molecule has 0 aliphatic heterocycles. The number of ether oxygens (including phenoxy) is 2. The topological polar surface area (TPSA) is 70.4 Å². The van der Waals surface area contributed by atoms with E-state index in [9.17, 15) is 9.59 Å². The van der Waals surface area contributed by atoms with Crippen molar-refractivity contribution < 1.29 is 19.1 Å². The van der Waals surface area contributed by atoms with E-state index in [1.54, 1.807) is 6.92 Å². The highest BCUT2D eigenvalue weighted by Crippen LogP contribution is 2.27. The SMILES string of the molecule is CCOC(=O)CC(=O)C(OCC)n1c(C)nc2c1CCCC2. The summed E-state index contributed by atoms with van der Waals surface area (Å²) in [7, 11) is 0. The summed E-state index contributed by atoms with van der Waals surface area (Å²) in [6.07, 6.45) is 2.98. The molecule has 1 aliphatic rings. The van der Waals surface area contributed by atoms with Crippen molar-refractivity contribution in [1.82, 2.24) is 9.55 Å². The molecule has 6 nitrogen and oxygen atoms in total. The average molecular weight is 308 g/mol. The lowest BCUT2D eigenvalue weighted by molar-refractivity contribution is -0.150. The number of hydrogen-bond donors (Lipinski definition) is 0. The number of hydrogen-bond acceptors (Lipinski definition) is 5. The first-order chi connectivity index (χ1) is 10.6. The van der Waals surface area contributed by atoms with Crippen molar-refractivity contribution in [2.75, 3.05) is 13.2 Å². The van der Waals surface area contributed by atoms with Gasteiger partial charge in [0.1, 0.15) is 12.2 Å². The maximum absolute atomic E-state index is 12.5. The lowest BCUT2D eigenvalue weighted by atomic mass is 10.0. The van der Waals surface area contributed by atoms with Crippen molar-refractivity contribution >= 4 is 11.8 Å². The van der Waals surface area contributed by atoms with Crippen LogP contribution < -0.4 is 0 Å². The number of rotatable bonds is 7. The largest absolute Gasteiger partial charge is 0.466 e. The highest BCUT2D eigenvalue weighted by Gasteiger charge is 2.29. The number of ketones is 1. The van der Waals surface area contributed by atoms with Crippen LogP contribution in [0.15, 0.2) is 0 Å².